The minimum absolute atomic E-state index is 0.0525. The summed E-state index contributed by atoms with van der Waals surface area (Å²) in [7, 11) is 8.10. The number of rotatable bonds is 4. The standard InChI is InChI=1S/C21H22N2OSe/c1-22(2)17-9-5-15(6-10-17)13-21-19(24)14-20(25-21)16-7-11-18(12-8-16)23(3)4/h5-14H,1-4H3/b21-13+. The average Bonchev–Trinajstić information content (AvgIpc) is 2.96. The van der Waals surface area contributed by atoms with Gasteiger partial charge in [0.25, 0.3) is 0 Å². The van der Waals surface area contributed by atoms with Crippen LogP contribution in [0.15, 0.2) is 59.1 Å². The average molecular weight is 397 g/mol. The van der Waals surface area contributed by atoms with Gasteiger partial charge >= 0.3 is 156 Å². The van der Waals surface area contributed by atoms with Crippen LogP contribution in [-0.2, 0) is 4.79 Å². The van der Waals surface area contributed by atoms with Crippen molar-refractivity contribution in [3.8, 4) is 0 Å². The monoisotopic (exact) mass is 398 g/mol. The van der Waals surface area contributed by atoms with Gasteiger partial charge in [0.05, 0.1) is 0 Å². The van der Waals surface area contributed by atoms with Crippen LogP contribution in [0.3, 0.4) is 0 Å². The Bertz CT molecular complexity index is 831. The van der Waals surface area contributed by atoms with Crippen LogP contribution in [0.25, 0.3) is 10.5 Å². The van der Waals surface area contributed by atoms with Gasteiger partial charge in [-0.05, 0) is 0 Å². The molecule has 0 saturated carbocycles. The molecule has 0 aliphatic carbocycles. The molecule has 0 unspecified atom stereocenters. The van der Waals surface area contributed by atoms with Crippen molar-refractivity contribution >= 4 is 42.7 Å². The molecular formula is C21H22N2OSe. The number of nitrogens with zero attached hydrogens (tertiary/aromatic N) is 2. The van der Waals surface area contributed by atoms with Crippen LogP contribution in [0.4, 0.5) is 11.4 Å². The first-order valence-electron chi connectivity index (χ1n) is 8.15. The Morgan fingerprint density at radius 2 is 1.32 bits per heavy atom. The normalized spacial score (nSPS) is 15.4. The Kier molecular flexibility index (Phi) is 5.12. The number of carbonyl (C=O) groups is 1. The number of allylic oxidation sites excluding steroid dienone is 2. The molecule has 1 heterocycles. The molecule has 2 aromatic rings. The van der Waals surface area contributed by atoms with Gasteiger partial charge in [-0.15, -0.1) is 0 Å². The van der Waals surface area contributed by atoms with E-state index in [1.54, 1.807) is 6.08 Å². The van der Waals surface area contributed by atoms with E-state index in [2.05, 4.69) is 58.3 Å². The third-order valence-corrected chi connectivity index (χ3v) is 6.43. The SMILES string of the molecule is CN(C)c1ccc(/C=C2/[Se]C(c3ccc(N(C)C)cc3)=CC2=O)cc1. The number of hydrogen-bond acceptors (Lipinski definition) is 3. The zero-order valence-corrected chi connectivity index (χ0v) is 16.7. The van der Waals surface area contributed by atoms with Crippen molar-refractivity contribution in [3.63, 3.8) is 0 Å². The van der Waals surface area contributed by atoms with Crippen molar-refractivity contribution in [2.45, 2.75) is 0 Å². The molecule has 0 aromatic heterocycles. The van der Waals surface area contributed by atoms with Crippen LogP contribution in [-0.4, -0.2) is 48.9 Å². The fourth-order valence-corrected chi connectivity index (χ4v) is 4.70. The zero-order valence-electron chi connectivity index (χ0n) is 15.0. The van der Waals surface area contributed by atoms with Crippen LogP contribution in [0, 0.1) is 0 Å². The topological polar surface area (TPSA) is 23.6 Å². The first-order valence-corrected chi connectivity index (χ1v) is 9.86. The van der Waals surface area contributed by atoms with Crippen molar-refractivity contribution in [1.29, 1.82) is 0 Å². The van der Waals surface area contributed by atoms with E-state index in [0.29, 0.717) is 0 Å². The molecule has 0 atom stereocenters. The Balaban J connectivity index is 1.77. The summed E-state index contributed by atoms with van der Waals surface area (Å²) < 4.78 is 2.07. The summed E-state index contributed by atoms with van der Waals surface area (Å²) in [5.41, 5.74) is 4.54. The molecule has 0 spiro atoms. The number of anilines is 2. The zero-order chi connectivity index (χ0) is 18.0. The van der Waals surface area contributed by atoms with E-state index in [1.165, 1.54) is 0 Å². The van der Waals surface area contributed by atoms with Crippen molar-refractivity contribution in [3.05, 3.63) is 70.2 Å². The van der Waals surface area contributed by atoms with Crippen LogP contribution < -0.4 is 9.80 Å². The molecule has 3 rings (SSSR count). The molecule has 128 valence electrons. The maximum absolute atomic E-state index is 12.4. The van der Waals surface area contributed by atoms with Gasteiger partial charge in [0.2, 0.25) is 0 Å². The summed E-state index contributed by atoms with van der Waals surface area (Å²) in [5.74, 6) is 0.142. The van der Waals surface area contributed by atoms with Gasteiger partial charge in [0.15, 0.2) is 0 Å². The van der Waals surface area contributed by atoms with Crippen LogP contribution in [0.2, 0.25) is 0 Å². The fraction of sp³-hybridized carbons (Fsp3) is 0.190. The molecule has 0 N–H and O–H groups in total. The van der Waals surface area contributed by atoms with Crippen LogP contribution in [0.5, 0.6) is 0 Å². The third-order valence-electron chi connectivity index (χ3n) is 4.10. The molecule has 2 aromatic carbocycles. The molecule has 1 aliphatic heterocycles. The molecule has 0 bridgehead atoms. The van der Waals surface area contributed by atoms with E-state index in [9.17, 15) is 4.79 Å². The second kappa shape index (κ2) is 7.30. The van der Waals surface area contributed by atoms with Gasteiger partial charge < -0.3 is 0 Å². The predicted octanol–water partition coefficient (Wildman–Crippen LogP) is 3.49. The summed E-state index contributed by atoms with van der Waals surface area (Å²) in [5, 5.41) is 0. The van der Waals surface area contributed by atoms with Gasteiger partial charge in [0, 0.05) is 0 Å². The van der Waals surface area contributed by atoms with E-state index in [1.807, 2.05) is 34.3 Å². The summed E-state index contributed by atoms with van der Waals surface area (Å²) in [6, 6.07) is 16.7. The quantitative estimate of drug-likeness (QED) is 0.583. The van der Waals surface area contributed by atoms with Crippen molar-refractivity contribution in [2.75, 3.05) is 38.0 Å². The maximum atomic E-state index is 12.4. The van der Waals surface area contributed by atoms with Gasteiger partial charge in [0.1, 0.15) is 0 Å². The minimum atomic E-state index is 0.0525. The van der Waals surface area contributed by atoms with Gasteiger partial charge in [-0.25, -0.2) is 0 Å². The molecule has 0 radical (unpaired) electrons. The number of hydrogen-bond donors (Lipinski definition) is 0. The first-order chi connectivity index (χ1) is 11.9. The summed E-state index contributed by atoms with van der Waals surface area (Å²) in [6.45, 7) is 0. The molecule has 1 aliphatic rings. The molecule has 4 heteroatoms. The molecule has 0 amide bonds. The van der Waals surface area contributed by atoms with E-state index in [-0.39, 0.29) is 20.7 Å². The van der Waals surface area contributed by atoms with Gasteiger partial charge in [-0.1, -0.05) is 0 Å². The molecule has 3 nitrogen and oxygen atoms in total. The number of ketones is 1. The predicted molar refractivity (Wildman–Crippen MR) is 108 cm³/mol. The van der Waals surface area contributed by atoms with E-state index < -0.39 is 0 Å². The second-order valence-electron chi connectivity index (χ2n) is 6.41. The first kappa shape index (κ1) is 17.5. The number of carbonyl (C=O) groups excluding carboxylic acids is 1. The van der Waals surface area contributed by atoms with Crippen molar-refractivity contribution in [1.82, 2.24) is 0 Å². The van der Waals surface area contributed by atoms with Gasteiger partial charge in [-0.3, -0.25) is 0 Å². The Morgan fingerprint density at radius 3 is 1.84 bits per heavy atom. The number of benzene rings is 2. The molecule has 25 heavy (non-hydrogen) atoms. The second-order valence-corrected chi connectivity index (χ2v) is 8.68. The molecule has 0 fully saturated rings. The Labute approximate surface area is 155 Å². The Hall–Kier alpha value is -2.29. The van der Waals surface area contributed by atoms with Crippen molar-refractivity contribution < 1.29 is 4.79 Å². The Morgan fingerprint density at radius 1 is 0.800 bits per heavy atom. The summed E-state index contributed by atoms with van der Waals surface area (Å²) >= 11 is 0.0525. The molecular weight excluding hydrogens is 375 g/mol. The van der Waals surface area contributed by atoms with E-state index >= 15 is 0 Å². The van der Waals surface area contributed by atoms with Crippen molar-refractivity contribution in [2.24, 2.45) is 0 Å². The summed E-state index contributed by atoms with van der Waals surface area (Å²) in [6.07, 6.45) is 3.82. The van der Waals surface area contributed by atoms with E-state index in [4.69, 9.17) is 0 Å². The van der Waals surface area contributed by atoms with Gasteiger partial charge in [-0.2, -0.15) is 0 Å². The van der Waals surface area contributed by atoms with Crippen LogP contribution >= 0.6 is 0 Å². The summed E-state index contributed by atoms with van der Waals surface area (Å²) in [4.78, 5) is 16.5. The third kappa shape index (κ3) is 4.04. The van der Waals surface area contributed by atoms with Crippen LogP contribution in [0.1, 0.15) is 11.1 Å². The fourth-order valence-electron chi connectivity index (χ4n) is 2.58. The van der Waals surface area contributed by atoms with E-state index in [0.717, 1.165) is 31.4 Å². The molecule has 0 saturated heterocycles.